The number of hydrogen-bond donors (Lipinski definition) is 0. The maximum Gasteiger partial charge on any atom is 0.166 e. The van der Waals surface area contributed by atoms with Crippen molar-refractivity contribution >= 4 is 15.9 Å². The first kappa shape index (κ1) is 11.3. The van der Waals surface area contributed by atoms with E-state index in [4.69, 9.17) is 0 Å². The first-order chi connectivity index (χ1) is 7.72. The maximum absolute atomic E-state index is 13.7. The number of hydrogen-bond acceptors (Lipinski definition) is 2. The Balaban J connectivity index is 2.46. The van der Waals surface area contributed by atoms with Crippen LogP contribution in [0.25, 0.3) is 11.4 Å². The minimum Gasteiger partial charge on any atom is -0.314 e. The third-order valence-electron chi connectivity index (χ3n) is 2.25. The average Bonchev–Trinajstić information content (AvgIpc) is 2.67. The molecule has 0 atom stereocenters. The fourth-order valence-electron chi connectivity index (χ4n) is 1.54. The van der Waals surface area contributed by atoms with E-state index in [9.17, 15) is 4.39 Å². The van der Waals surface area contributed by atoms with Crippen molar-refractivity contribution in [1.82, 2.24) is 14.8 Å². The molecule has 0 radical (unpaired) electrons. The number of nitrogens with zero attached hydrogens (tertiary/aromatic N) is 3. The summed E-state index contributed by atoms with van der Waals surface area (Å²) in [7, 11) is 0. The van der Waals surface area contributed by atoms with Crippen LogP contribution in [0.2, 0.25) is 0 Å². The third kappa shape index (κ3) is 2.14. The Labute approximate surface area is 101 Å². The molecule has 84 valence electrons. The summed E-state index contributed by atoms with van der Waals surface area (Å²) in [4.78, 5) is 0. The van der Waals surface area contributed by atoms with Gasteiger partial charge in [-0.1, -0.05) is 22.9 Å². The largest absolute Gasteiger partial charge is 0.314 e. The molecule has 0 fully saturated rings. The SMILES string of the molecule is CCCn1cnnc1-c1ccc(Br)cc1F. The zero-order valence-corrected chi connectivity index (χ0v) is 10.4. The summed E-state index contributed by atoms with van der Waals surface area (Å²) < 4.78 is 16.3. The highest BCUT2D eigenvalue weighted by molar-refractivity contribution is 9.10. The molecule has 0 saturated carbocycles. The molecule has 1 aromatic heterocycles. The molecule has 1 heterocycles. The standard InChI is InChI=1S/C11H11BrFN3/c1-2-5-16-7-14-15-11(16)9-4-3-8(12)6-10(9)13/h3-4,6-7H,2,5H2,1H3. The summed E-state index contributed by atoms with van der Waals surface area (Å²) in [6, 6.07) is 4.93. The third-order valence-corrected chi connectivity index (χ3v) is 2.75. The molecule has 1 aromatic carbocycles. The van der Waals surface area contributed by atoms with Crippen LogP contribution in [-0.2, 0) is 6.54 Å². The number of benzene rings is 1. The van der Waals surface area contributed by atoms with Gasteiger partial charge in [0.15, 0.2) is 5.82 Å². The molecule has 0 unspecified atom stereocenters. The zero-order chi connectivity index (χ0) is 11.5. The van der Waals surface area contributed by atoms with Gasteiger partial charge >= 0.3 is 0 Å². The molecule has 2 aromatic rings. The average molecular weight is 284 g/mol. The minimum atomic E-state index is -0.292. The first-order valence-corrected chi connectivity index (χ1v) is 5.85. The van der Waals surface area contributed by atoms with Crippen LogP contribution in [0.15, 0.2) is 29.0 Å². The lowest BCUT2D eigenvalue weighted by atomic mass is 10.2. The van der Waals surface area contributed by atoms with Gasteiger partial charge in [0.05, 0.1) is 5.56 Å². The van der Waals surface area contributed by atoms with Gasteiger partial charge < -0.3 is 4.57 Å². The van der Waals surface area contributed by atoms with Crippen molar-refractivity contribution < 1.29 is 4.39 Å². The van der Waals surface area contributed by atoms with Gasteiger partial charge in [-0.25, -0.2) is 4.39 Å². The molecule has 2 rings (SSSR count). The summed E-state index contributed by atoms with van der Waals surface area (Å²) in [5, 5.41) is 7.77. The lowest BCUT2D eigenvalue weighted by molar-refractivity contribution is 0.623. The smallest absolute Gasteiger partial charge is 0.166 e. The van der Waals surface area contributed by atoms with E-state index in [2.05, 4.69) is 33.1 Å². The van der Waals surface area contributed by atoms with Crippen molar-refractivity contribution in [1.29, 1.82) is 0 Å². The summed E-state index contributed by atoms with van der Waals surface area (Å²) in [6.45, 7) is 2.85. The molecule has 0 amide bonds. The summed E-state index contributed by atoms with van der Waals surface area (Å²) >= 11 is 3.23. The van der Waals surface area contributed by atoms with E-state index in [-0.39, 0.29) is 5.82 Å². The van der Waals surface area contributed by atoms with E-state index in [0.717, 1.165) is 17.4 Å². The molecule has 16 heavy (non-hydrogen) atoms. The fraction of sp³-hybridized carbons (Fsp3) is 0.273. The molecule has 3 nitrogen and oxygen atoms in total. The van der Waals surface area contributed by atoms with Crippen LogP contribution in [-0.4, -0.2) is 14.8 Å². The van der Waals surface area contributed by atoms with Crippen LogP contribution in [0.1, 0.15) is 13.3 Å². The molecule has 5 heteroatoms. The van der Waals surface area contributed by atoms with E-state index < -0.39 is 0 Å². The molecule has 0 saturated heterocycles. The van der Waals surface area contributed by atoms with Crippen LogP contribution in [0.5, 0.6) is 0 Å². The highest BCUT2D eigenvalue weighted by atomic mass is 79.9. The molecular formula is C11H11BrFN3. The molecular weight excluding hydrogens is 273 g/mol. The normalized spacial score (nSPS) is 10.7. The Bertz CT molecular complexity index is 496. The van der Waals surface area contributed by atoms with Crippen molar-refractivity contribution in [2.45, 2.75) is 19.9 Å². The van der Waals surface area contributed by atoms with Crippen molar-refractivity contribution in [3.05, 3.63) is 34.8 Å². The topological polar surface area (TPSA) is 30.7 Å². The molecule has 0 aliphatic rings. The van der Waals surface area contributed by atoms with E-state index >= 15 is 0 Å². The Kier molecular flexibility index (Phi) is 3.33. The molecule has 0 aliphatic heterocycles. The lowest BCUT2D eigenvalue weighted by Crippen LogP contribution is -1.99. The monoisotopic (exact) mass is 283 g/mol. The van der Waals surface area contributed by atoms with Crippen LogP contribution in [0.3, 0.4) is 0 Å². The summed E-state index contributed by atoms with van der Waals surface area (Å²) in [5.41, 5.74) is 0.481. The van der Waals surface area contributed by atoms with Gasteiger partial charge in [-0.05, 0) is 24.6 Å². The quantitative estimate of drug-likeness (QED) is 0.866. The minimum absolute atomic E-state index is 0.292. The van der Waals surface area contributed by atoms with Gasteiger partial charge in [-0.2, -0.15) is 0 Å². The Morgan fingerprint density at radius 1 is 1.44 bits per heavy atom. The number of aromatic nitrogens is 3. The van der Waals surface area contributed by atoms with Gasteiger partial charge in [0.2, 0.25) is 0 Å². The van der Waals surface area contributed by atoms with Crippen molar-refractivity contribution in [3.63, 3.8) is 0 Å². The maximum atomic E-state index is 13.7. The first-order valence-electron chi connectivity index (χ1n) is 5.05. The Morgan fingerprint density at radius 2 is 2.25 bits per heavy atom. The second-order valence-electron chi connectivity index (χ2n) is 3.47. The molecule has 0 N–H and O–H groups in total. The molecule has 0 bridgehead atoms. The zero-order valence-electron chi connectivity index (χ0n) is 8.82. The predicted octanol–water partition coefficient (Wildman–Crippen LogP) is 3.26. The van der Waals surface area contributed by atoms with Crippen molar-refractivity contribution in [3.8, 4) is 11.4 Å². The van der Waals surface area contributed by atoms with Crippen LogP contribution < -0.4 is 0 Å². The van der Waals surface area contributed by atoms with Crippen LogP contribution >= 0.6 is 15.9 Å². The van der Waals surface area contributed by atoms with E-state index in [0.29, 0.717) is 11.4 Å². The van der Waals surface area contributed by atoms with Crippen molar-refractivity contribution in [2.75, 3.05) is 0 Å². The van der Waals surface area contributed by atoms with Crippen molar-refractivity contribution in [2.24, 2.45) is 0 Å². The van der Waals surface area contributed by atoms with E-state index in [1.165, 1.54) is 6.07 Å². The van der Waals surface area contributed by atoms with Gasteiger partial charge in [0, 0.05) is 11.0 Å². The second-order valence-corrected chi connectivity index (χ2v) is 4.39. The van der Waals surface area contributed by atoms with Gasteiger partial charge in [0.1, 0.15) is 12.1 Å². The van der Waals surface area contributed by atoms with E-state index in [1.54, 1.807) is 18.5 Å². The summed E-state index contributed by atoms with van der Waals surface area (Å²) in [6.07, 6.45) is 2.59. The lowest BCUT2D eigenvalue weighted by Gasteiger charge is -2.05. The Morgan fingerprint density at radius 3 is 2.94 bits per heavy atom. The van der Waals surface area contributed by atoms with Gasteiger partial charge in [0.25, 0.3) is 0 Å². The van der Waals surface area contributed by atoms with Gasteiger partial charge in [-0.15, -0.1) is 10.2 Å². The van der Waals surface area contributed by atoms with Gasteiger partial charge in [-0.3, -0.25) is 0 Å². The fourth-order valence-corrected chi connectivity index (χ4v) is 1.87. The molecule has 0 spiro atoms. The number of aryl methyl sites for hydroxylation is 1. The Hall–Kier alpha value is -1.23. The van der Waals surface area contributed by atoms with Crippen LogP contribution in [0, 0.1) is 5.82 Å². The number of halogens is 2. The highest BCUT2D eigenvalue weighted by Crippen LogP contribution is 2.23. The second kappa shape index (κ2) is 4.74. The predicted molar refractivity (Wildman–Crippen MR) is 63.4 cm³/mol. The van der Waals surface area contributed by atoms with E-state index in [1.807, 2.05) is 4.57 Å². The summed E-state index contributed by atoms with van der Waals surface area (Å²) in [5.74, 6) is 0.284. The van der Waals surface area contributed by atoms with Crippen LogP contribution in [0.4, 0.5) is 4.39 Å². The number of rotatable bonds is 3. The molecule has 0 aliphatic carbocycles. The highest BCUT2D eigenvalue weighted by Gasteiger charge is 2.11.